The van der Waals surface area contributed by atoms with E-state index in [1.165, 1.54) is 12.1 Å². The van der Waals surface area contributed by atoms with Crippen molar-refractivity contribution in [1.82, 2.24) is 29.1 Å². The maximum absolute atomic E-state index is 16.8. The van der Waals surface area contributed by atoms with Gasteiger partial charge in [-0.05, 0) is 101 Å². The van der Waals surface area contributed by atoms with Crippen molar-refractivity contribution in [3.8, 4) is 118 Å². The second-order valence-electron chi connectivity index (χ2n) is 22.7. The molecule has 6 aromatic heterocycles. The quantitative estimate of drug-likeness (QED) is 0.129. The van der Waals surface area contributed by atoms with E-state index in [0.29, 0.717) is 38.8 Å². The minimum Gasteiger partial charge on any atom is -0.308 e. The molecule has 10 heteroatoms. The van der Waals surface area contributed by atoms with Crippen LogP contribution in [0.1, 0.15) is 11.1 Å². The molecular weight excluding hydrogens is 1140 g/mol. The number of nitrogens with zero attached hydrogens (tertiary/aromatic N) is 7. The zero-order valence-corrected chi connectivity index (χ0v) is 49.1. The minimum absolute atomic E-state index is 0.239. The molecule has 0 N–H and O–H groups in total. The molecule has 0 aliphatic heterocycles. The van der Waals surface area contributed by atoms with E-state index in [2.05, 4.69) is 78.9 Å². The molecule has 10 aromatic carbocycles. The van der Waals surface area contributed by atoms with Gasteiger partial charge in [-0.15, -0.1) is 0 Å². The van der Waals surface area contributed by atoms with Crippen LogP contribution in [0.2, 0.25) is 0 Å². The molecule has 434 valence electrons. The largest absolute Gasteiger partial charge is 0.416 e. The van der Waals surface area contributed by atoms with Crippen LogP contribution in [0.3, 0.4) is 0 Å². The summed E-state index contributed by atoms with van der Waals surface area (Å²) in [6, 6.07) is 92.5. The van der Waals surface area contributed by atoms with Crippen LogP contribution in [0.15, 0.2) is 304 Å². The Morgan fingerprint density at radius 1 is 0.293 bits per heavy atom. The lowest BCUT2D eigenvalue weighted by Gasteiger charge is -2.23. The van der Waals surface area contributed by atoms with Gasteiger partial charge in [0.2, 0.25) is 0 Å². The summed E-state index contributed by atoms with van der Waals surface area (Å²) in [5.41, 5.74) is 16.8. The van der Waals surface area contributed by atoms with Crippen molar-refractivity contribution < 1.29 is 13.2 Å². The van der Waals surface area contributed by atoms with Crippen molar-refractivity contribution in [3.05, 3.63) is 315 Å². The summed E-state index contributed by atoms with van der Waals surface area (Å²) in [6.07, 6.45) is 2.22. The summed E-state index contributed by atoms with van der Waals surface area (Å²) in [6.45, 7) is 0. The number of alkyl halides is 3. The first-order chi connectivity index (χ1) is 45.2. The van der Waals surface area contributed by atoms with Gasteiger partial charge in [-0.25, -0.2) is 0 Å². The zero-order chi connectivity index (χ0) is 61.9. The number of aromatic nitrogens is 6. The second kappa shape index (κ2) is 22.7. The Morgan fingerprint density at radius 2 is 0.598 bits per heavy atom. The first kappa shape index (κ1) is 55.0. The Bertz CT molecular complexity index is 4990. The van der Waals surface area contributed by atoms with Gasteiger partial charge in [0.15, 0.2) is 0 Å². The van der Waals surface area contributed by atoms with E-state index in [1.807, 2.05) is 185 Å². The van der Waals surface area contributed by atoms with Crippen LogP contribution in [0.4, 0.5) is 13.2 Å². The van der Waals surface area contributed by atoms with Crippen LogP contribution >= 0.6 is 0 Å². The van der Waals surface area contributed by atoms with Gasteiger partial charge in [-0.3, -0.25) is 19.9 Å². The molecule has 6 heterocycles. The van der Waals surface area contributed by atoms with E-state index >= 15 is 13.2 Å². The second-order valence-corrected chi connectivity index (χ2v) is 22.7. The molecular formula is C82H50F3N7. The van der Waals surface area contributed by atoms with Gasteiger partial charge < -0.3 is 9.13 Å². The molecule has 0 bridgehead atoms. The van der Waals surface area contributed by atoms with Crippen LogP contribution < -0.4 is 0 Å². The number of nitriles is 1. The van der Waals surface area contributed by atoms with Crippen LogP contribution in [-0.2, 0) is 6.18 Å². The van der Waals surface area contributed by atoms with E-state index in [9.17, 15) is 5.26 Å². The number of rotatable bonds is 11. The molecule has 16 aromatic rings. The summed E-state index contributed by atoms with van der Waals surface area (Å²) < 4.78 is 54.4. The van der Waals surface area contributed by atoms with Gasteiger partial charge in [-0.1, -0.05) is 206 Å². The summed E-state index contributed by atoms with van der Waals surface area (Å²) in [7, 11) is 0. The standard InChI is InChI=1S/C82H50F3N7/c83-82(84,85)62-49-75(91-71-45-57(63-28-14-40-87-78(63)53-19-5-1-6-20-53)32-36-67(71)68-37-33-58(46-72(68)91)64-29-15-41-88-79(64)54-21-7-2-8-22-54)77(61-27-13-18-52(44-61)51-86)76(50-62)92-73-47-59(65-30-16-42-89-80(65)55-23-9-3-10-24-55)34-38-69(73)70-39-35-60(48-74(70)92)66-31-17-43-90-81(66)56-25-11-4-12-26-56/h1-50H. The predicted molar refractivity (Wildman–Crippen MR) is 365 cm³/mol. The third-order valence-electron chi connectivity index (χ3n) is 17.4. The molecule has 0 aliphatic rings. The molecule has 0 saturated carbocycles. The van der Waals surface area contributed by atoms with Crippen molar-refractivity contribution in [2.75, 3.05) is 0 Å². The van der Waals surface area contributed by atoms with Crippen molar-refractivity contribution >= 4 is 43.6 Å². The molecule has 0 amide bonds. The zero-order valence-electron chi connectivity index (χ0n) is 49.1. The first-order valence-corrected chi connectivity index (χ1v) is 30.2. The number of hydrogen-bond donors (Lipinski definition) is 0. The number of hydrogen-bond acceptors (Lipinski definition) is 5. The molecule has 0 aliphatic carbocycles. The third kappa shape index (κ3) is 9.64. The third-order valence-corrected chi connectivity index (χ3v) is 17.4. The van der Waals surface area contributed by atoms with Gasteiger partial charge in [0, 0.05) is 96.4 Å². The fraction of sp³-hybridized carbons (Fsp3) is 0.0122. The molecule has 0 radical (unpaired) electrons. The number of pyridine rings is 4. The summed E-state index contributed by atoms with van der Waals surface area (Å²) in [4.78, 5) is 19.7. The van der Waals surface area contributed by atoms with Gasteiger partial charge in [0.1, 0.15) is 0 Å². The molecule has 0 spiro atoms. The molecule has 0 saturated heterocycles. The van der Waals surface area contributed by atoms with Gasteiger partial charge >= 0.3 is 6.18 Å². The normalized spacial score (nSPS) is 11.6. The van der Waals surface area contributed by atoms with Crippen molar-refractivity contribution in [1.29, 1.82) is 5.26 Å². The average Bonchev–Trinajstić information content (AvgIpc) is 1.55. The summed E-state index contributed by atoms with van der Waals surface area (Å²) in [5, 5.41) is 14.0. The maximum atomic E-state index is 16.8. The van der Waals surface area contributed by atoms with E-state index in [0.717, 1.165) is 111 Å². The van der Waals surface area contributed by atoms with Crippen LogP contribution in [0, 0.1) is 11.3 Å². The average molecular weight is 1190 g/mol. The van der Waals surface area contributed by atoms with Gasteiger partial charge in [0.25, 0.3) is 0 Å². The highest BCUT2D eigenvalue weighted by Crippen LogP contribution is 2.49. The van der Waals surface area contributed by atoms with Crippen molar-refractivity contribution in [3.63, 3.8) is 0 Å². The lowest BCUT2D eigenvalue weighted by Crippen LogP contribution is -2.11. The number of fused-ring (bicyclic) bond motifs is 6. The Hall–Kier alpha value is -12.3. The van der Waals surface area contributed by atoms with E-state index in [-0.39, 0.29) is 11.4 Å². The highest BCUT2D eigenvalue weighted by Gasteiger charge is 2.35. The van der Waals surface area contributed by atoms with E-state index in [4.69, 9.17) is 19.9 Å². The molecule has 7 nitrogen and oxygen atoms in total. The Balaban J connectivity index is 1.06. The maximum Gasteiger partial charge on any atom is 0.416 e. The molecule has 16 rings (SSSR count). The van der Waals surface area contributed by atoms with E-state index in [1.54, 1.807) is 43.0 Å². The Kier molecular flexibility index (Phi) is 13.6. The topological polar surface area (TPSA) is 85.2 Å². The van der Waals surface area contributed by atoms with E-state index < -0.39 is 11.7 Å². The number of halogens is 3. The van der Waals surface area contributed by atoms with Crippen molar-refractivity contribution in [2.24, 2.45) is 0 Å². The number of benzene rings is 10. The minimum atomic E-state index is -4.87. The summed E-state index contributed by atoms with van der Waals surface area (Å²) >= 11 is 0. The Morgan fingerprint density at radius 3 is 0.891 bits per heavy atom. The first-order valence-electron chi connectivity index (χ1n) is 30.2. The molecule has 0 atom stereocenters. The fourth-order valence-electron chi connectivity index (χ4n) is 13.3. The Labute approximate surface area is 527 Å². The van der Waals surface area contributed by atoms with Crippen LogP contribution in [-0.4, -0.2) is 29.1 Å². The van der Waals surface area contributed by atoms with Crippen molar-refractivity contribution in [2.45, 2.75) is 6.18 Å². The van der Waals surface area contributed by atoms with Crippen LogP contribution in [0.5, 0.6) is 0 Å². The van der Waals surface area contributed by atoms with Gasteiger partial charge in [0.05, 0.1) is 73.4 Å². The fourth-order valence-corrected chi connectivity index (χ4v) is 13.3. The molecule has 0 unspecified atom stereocenters. The lowest BCUT2D eigenvalue weighted by molar-refractivity contribution is -0.137. The predicted octanol–water partition coefficient (Wildman–Crippen LogP) is 21.4. The highest BCUT2D eigenvalue weighted by atomic mass is 19.4. The molecule has 0 fully saturated rings. The SMILES string of the molecule is N#Cc1cccc(-c2c(-n3c4cc(-c5cccnc5-c5ccccc5)ccc4c4ccc(-c5cccnc5-c5ccccc5)cc43)cc(C(F)(F)F)cc2-n2c3cc(-c4cccnc4-c4ccccc4)ccc3c3ccc(-c4cccnc4-c4ccccc4)cc32)c1. The smallest absolute Gasteiger partial charge is 0.308 e. The summed E-state index contributed by atoms with van der Waals surface area (Å²) in [5.74, 6) is 0. The monoisotopic (exact) mass is 1190 g/mol. The van der Waals surface area contributed by atoms with Gasteiger partial charge in [-0.2, -0.15) is 18.4 Å². The van der Waals surface area contributed by atoms with Crippen LogP contribution in [0.25, 0.3) is 156 Å². The molecule has 92 heavy (non-hydrogen) atoms. The lowest BCUT2D eigenvalue weighted by atomic mass is 9.95. The highest BCUT2D eigenvalue weighted by molar-refractivity contribution is 6.15.